The maximum absolute atomic E-state index is 15.5. The molecule has 12 heteroatoms. The molecule has 3 aromatic carbocycles. The number of likely N-dealkylation sites (N-methyl/N-ethyl adjacent to an activating group) is 1. The molecular formula is C44H49N3O9. The first kappa shape index (κ1) is 37.0. The van der Waals surface area contributed by atoms with Gasteiger partial charge in [0.1, 0.15) is 41.6 Å². The summed E-state index contributed by atoms with van der Waals surface area (Å²) >= 11 is 0. The Morgan fingerprint density at radius 2 is 1.68 bits per heavy atom. The SMILES string of the molecule is CN(C(=O)[C@@]12C[C@H]3OC(=O)[C@@H]1N(Cc1cccc(C=CCc4ccccc4O)c1)O[C@@H]2[C@H]1OC(C2CC2)(C2CC2)O[C@H]13)[C@H](Cc1ccccc1)C(=O)NCCO. The minimum Gasteiger partial charge on any atom is -0.508 e. The molecular weight excluding hydrogens is 714 g/mol. The van der Waals surface area contributed by atoms with Gasteiger partial charge in [-0.2, -0.15) is 5.06 Å². The maximum Gasteiger partial charge on any atom is 0.327 e. The summed E-state index contributed by atoms with van der Waals surface area (Å²) in [5.41, 5.74) is 2.03. The Kier molecular flexibility index (Phi) is 9.73. The number of allylic oxidation sites excluding steroid dienone is 1. The lowest BCUT2D eigenvalue weighted by Gasteiger charge is -2.50. The highest BCUT2D eigenvalue weighted by Crippen LogP contribution is 2.64. The highest BCUT2D eigenvalue weighted by Gasteiger charge is 2.78. The van der Waals surface area contributed by atoms with Gasteiger partial charge in [-0.15, -0.1) is 0 Å². The molecule has 3 saturated heterocycles. The number of fused-ring (bicyclic) bond motifs is 4. The zero-order valence-corrected chi connectivity index (χ0v) is 31.5. The average molecular weight is 764 g/mol. The summed E-state index contributed by atoms with van der Waals surface area (Å²) in [6.45, 7) is -0.0281. The van der Waals surface area contributed by atoms with Crippen LogP contribution in [-0.4, -0.2) is 100 Å². The number of benzene rings is 3. The maximum atomic E-state index is 15.5. The number of nitrogens with one attached hydrogen (secondary N) is 1. The Morgan fingerprint density at radius 3 is 2.41 bits per heavy atom. The van der Waals surface area contributed by atoms with Crippen LogP contribution in [0.2, 0.25) is 0 Å². The van der Waals surface area contributed by atoms with Gasteiger partial charge in [-0.3, -0.25) is 19.2 Å². The zero-order chi connectivity index (χ0) is 38.6. The molecule has 6 aliphatic rings. The molecule has 3 aliphatic carbocycles. The number of carbonyl (C=O) groups is 3. The van der Waals surface area contributed by atoms with Crippen molar-refractivity contribution in [1.29, 1.82) is 0 Å². The summed E-state index contributed by atoms with van der Waals surface area (Å²) in [5, 5.41) is 24.1. The predicted molar refractivity (Wildman–Crippen MR) is 203 cm³/mol. The number of esters is 1. The molecule has 2 bridgehead atoms. The number of nitrogens with zero attached hydrogens (tertiary/aromatic N) is 2. The monoisotopic (exact) mass is 763 g/mol. The van der Waals surface area contributed by atoms with Crippen molar-refractivity contribution in [2.45, 2.75) is 93.8 Å². The van der Waals surface area contributed by atoms with E-state index in [1.807, 2.05) is 78.9 Å². The first-order valence-electron chi connectivity index (χ1n) is 19.9. The van der Waals surface area contributed by atoms with Crippen LogP contribution in [0, 0.1) is 17.3 Å². The van der Waals surface area contributed by atoms with Gasteiger partial charge in [0, 0.05) is 38.3 Å². The molecule has 3 aliphatic heterocycles. The van der Waals surface area contributed by atoms with Crippen LogP contribution >= 0.6 is 0 Å². The zero-order valence-electron chi connectivity index (χ0n) is 31.5. The number of hydrogen-bond donors (Lipinski definition) is 3. The van der Waals surface area contributed by atoms with Gasteiger partial charge in [0.2, 0.25) is 11.8 Å². The van der Waals surface area contributed by atoms with Crippen LogP contribution in [0.25, 0.3) is 6.08 Å². The topological polar surface area (TPSA) is 147 Å². The normalized spacial score (nSPS) is 29.5. The van der Waals surface area contributed by atoms with E-state index in [1.165, 1.54) is 4.90 Å². The quantitative estimate of drug-likeness (QED) is 0.207. The second-order valence-corrected chi connectivity index (χ2v) is 16.3. The molecule has 0 unspecified atom stereocenters. The third-order valence-corrected chi connectivity index (χ3v) is 12.6. The van der Waals surface area contributed by atoms with Crippen LogP contribution in [0.3, 0.4) is 0 Å². The van der Waals surface area contributed by atoms with Crippen LogP contribution in [0.4, 0.5) is 0 Å². The van der Waals surface area contributed by atoms with Crippen molar-refractivity contribution >= 4 is 23.9 Å². The third-order valence-electron chi connectivity index (χ3n) is 12.6. The summed E-state index contributed by atoms with van der Waals surface area (Å²) in [7, 11) is 1.61. The van der Waals surface area contributed by atoms with Gasteiger partial charge in [-0.05, 0) is 60.4 Å². The Balaban J connectivity index is 1.05. The molecule has 3 saturated carbocycles. The van der Waals surface area contributed by atoms with Gasteiger partial charge in [0.15, 0.2) is 11.8 Å². The van der Waals surface area contributed by atoms with E-state index in [9.17, 15) is 19.8 Å². The number of phenolic OH excluding ortho intramolecular Hbond substituents is 1. The molecule has 0 aromatic heterocycles. The fourth-order valence-electron chi connectivity index (χ4n) is 9.64. The van der Waals surface area contributed by atoms with Crippen LogP contribution in [0.15, 0.2) is 84.9 Å². The number of rotatable bonds is 14. The predicted octanol–water partition coefficient (Wildman–Crippen LogP) is 3.93. The number of hydroxylamine groups is 2. The molecule has 3 aromatic rings. The fraction of sp³-hybridized carbons (Fsp3) is 0.477. The molecule has 7 atom stereocenters. The number of aliphatic hydroxyl groups excluding tert-OH is 1. The van der Waals surface area contributed by atoms with E-state index in [4.69, 9.17) is 19.0 Å². The highest BCUT2D eigenvalue weighted by molar-refractivity contribution is 5.96. The van der Waals surface area contributed by atoms with Crippen molar-refractivity contribution in [3.63, 3.8) is 0 Å². The lowest BCUT2D eigenvalue weighted by Crippen LogP contribution is -2.70. The number of amides is 2. The number of ether oxygens (including phenoxy) is 3. The van der Waals surface area contributed by atoms with Crippen LogP contribution in [-0.2, 0) is 52.8 Å². The van der Waals surface area contributed by atoms with Gasteiger partial charge in [-0.1, -0.05) is 84.9 Å². The summed E-state index contributed by atoms with van der Waals surface area (Å²) in [5.74, 6) is -1.42. The third kappa shape index (κ3) is 6.51. The van der Waals surface area contributed by atoms with E-state index in [0.717, 1.165) is 47.9 Å². The van der Waals surface area contributed by atoms with Crippen LogP contribution in [0.5, 0.6) is 5.75 Å². The van der Waals surface area contributed by atoms with Crippen LogP contribution < -0.4 is 5.32 Å². The van der Waals surface area contributed by atoms with Gasteiger partial charge in [0.25, 0.3) is 0 Å². The minimum absolute atomic E-state index is 0.0379. The van der Waals surface area contributed by atoms with E-state index < -0.39 is 65.5 Å². The number of para-hydroxylation sites is 1. The summed E-state index contributed by atoms with van der Waals surface area (Å²) in [6.07, 6.45) is 6.02. The molecule has 0 radical (unpaired) electrons. The van der Waals surface area contributed by atoms with Crippen molar-refractivity contribution < 1.29 is 43.6 Å². The number of carbonyl (C=O) groups excluding carboxylic acids is 3. The molecule has 0 spiro atoms. The standard InChI is InChI=1S/C44H49N3O9/c1-46(33(40(50)45-21-22-48)24-28-9-3-2-4-10-28)42(52)43-25-35-36-37(55-44(54-36,31-17-18-31)32-19-20-32)39(43)56-47(38(43)41(51)53-35)26-29-13-7-11-27(23-29)12-8-15-30-14-5-6-16-34(30)49/h2-14,16,23,31-33,35-39,48-49H,15,17-22,24-26H2,1H3,(H,45,50)/t33-,35-,36+,37+,38+,39-,43+/m1/s1. The van der Waals surface area contributed by atoms with Crippen molar-refractivity contribution in [1.82, 2.24) is 15.3 Å². The van der Waals surface area contributed by atoms with E-state index in [2.05, 4.69) is 5.32 Å². The van der Waals surface area contributed by atoms with Crippen molar-refractivity contribution in [2.75, 3.05) is 20.2 Å². The summed E-state index contributed by atoms with van der Waals surface area (Å²) < 4.78 is 20.2. The second-order valence-electron chi connectivity index (χ2n) is 16.3. The number of phenols is 1. The van der Waals surface area contributed by atoms with Crippen molar-refractivity contribution in [3.05, 3.63) is 107 Å². The van der Waals surface area contributed by atoms with Gasteiger partial charge < -0.3 is 34.6 Å². The molecule has 6 fully saturated rings. The Labute approximate surface area is 326 Å². The first-order chi connectivity index (χ1) is 27.2. The molecule has 12 nitrogen and oxygen atoms in total. The summed E-state index contributed by atoms with van der Waals surface area (Å²) in [6, 6.07) is 22.5. The molecule has 2 amide bonds. The largest absolute Gasteiger partial charge is 0.508 e. The van der Waals surface area contributed by atoms with Gasteiger partial charge in [0.05, 0.1) is 13.2 Å². The first-order valence-corrected chi connectivity index (χ1v) is 19.9. The minimum atomic E-state index is -1.44. The Morgan fingerprint density at radius 1 is 0.964 bits per heavy atom. The number of aliphatic hydroxyl groups is 1. The smallest absolute Gasteiger partial charge is 0.327 e. The molecule has 9 rings (SSSR count). The van der Waals surface area contributed by atoms with E-state index in [0.29, 0.717) is 6.42 Å². The van der Waals surface area contributed by atoms with Crippen LogP contribution in [0.1, 0.15) is 54.4 Å². The van der Waals surface area contributed by atoms with Gasteiger partial charge in [-0.25, -0.2) is 0 Å². The summed E-state index contributed by atoms with van der Waals surface area (Å²) in [4.78, 5) is 52.0. The van der Waals surface area contributed by atoms with E-state index in [-0.39, 0.29) is 50.1 Å². The molecule has 3 N–H and O–H groups in total. The Hall–Kier alpha value is -4.59. The second kappa shape index (κ2) is 14.7. The number of aromatic hydroxyl groups is 1. The van der Waals surface area contributed by atoms with Crippen molar-refractivity contribution in [2.24, 2.45) is 17.3 Å². The lowest BCUT2D eigenvalue weighted by atomic mass is 9.62. The lowest BCUT2D eigenvalue weighted by molar-refractivity contribution is -0.235. The average Bonchev–Trinajstić information content (AvgIpc) is 4.16. The van der Waals surface area contributed by atoms with E-state index in [1.54, 1.807) is 24.2 Å². The number of hydrogen-bond acceptors (Lipinski definition) is 10. The van der Waals surface area contributed by atoms with E-state index >= 15 is 4.79 Å². The van der Waals surface area contributed by atoms with Crippen molar-refractivity contribution in [3.8, 4) is 5.75 Å². The van der Waals surface area contributed by atoms with Gasteiger partial charge >= 0.3 is 5.97 Å². The highest BCUT2D eigenvalue weighted by atomic mass is 16.8. The Bertz CT molecular complexity index is 1990. The fourth-order valence-corrected chi connectivity index (χ4v) is 9.64. The molecule has 294 valence electrons. The molecule has 3 heterocycles. The molecule has 56 heavy (non-hydrogen) atoms.